The van der Waals surface area contributed by atoms with Crippen molar-refractivity contribution < 1.29 is 14.1 Å². The van der Waals surface area contributed by atoms with Crippen molar-refractivity contribution in [1.82, 2.24) is 15.5 Å². The van der Waals surface area contributed by atoms with Gasteiger partial charge in [0.2, 0.25) is 12.2 Å². The lowest BCUT2D eigenvalue weighted by Gasteiger charge is -2.08. The fourth-order valence-corrected chi connectivity index (χ4v) is 1.11. The van der Waals surface area contributed by atoms with E-state index in [4.69, 9.17) is 4.52 Å². The summed E-state index contributed by atoms with van der Waals surface area (Å²) in [6.45, 7) is 3.65. The van der Waals surface area contributed by atoms with Crippen molar-refractivity contribution in [2.24, 2.45) is 0 Å². The van der Waals surface area contributed by atoms with E-state index in [2.05, 4.69) is 15.5 Å². The minimum atomic E-state index is -0.590. The third kappa shape index (κ3) is 2.61. The van der Waals surface area contributed by atoms with Crippen LogP contribution in [0.1, 0.15) is 36.8 Å². The molecule has 0 spiro atoms. The van der Waals surface area contributed by atoms with Crippen LogP contribution >= 0.6 is 0 Å². The van der Waals surface area contributed by atoms with Gasteiger partial charge in [0.25, 0.3) is 5.89 Å². The van der Waals surface area contributed by atoms with Crippen molar-refractivity contribution >= 4 is 12.2 Å². The molecule has 0 aliphatic rings. The topological polar surface area (TPSA) is 85.1 Å². The summed E-state index contributed by atoms with van der Waals surface area (Å²) in [6, 6.07) is -0.590. The van der Waals surface area contributed by atoms with Crippen molar-refractivity contribution in [3.05, 3.63) is 11.7 Å². The highest BCUT2D eigenvalue weighted by atomic mass is 16.5. The van der Waals surface area contributed by atoms with Gasteiger partial charge in [0.05, 0.1) is 6.04 Å². The highest BCUT2D eigenvalue weighted by molar-refractivity contribution is 5.96. The van der Waals surface area contributed by atoms with Crippen molar-refractivity contribution in [2.45, 2.75) is 32.7 Å². The second kappa shape index (κ2) is 5.23. The molecule has 1 aromatic heterocycles. The molecule has 1 N–H and O–H groups in total. The van der Waals surface area contributed by atoms with Crippen LogP contribution in [0.4, 0.5) is 0 Å². The number of hydrogen-bond acceptors (Lipinski definition) is 5. The van der Waals surface area contributed by atoms with Gasteiger partial charge in [-0.15, -0.1) is 0 Å². The van der Waals surface area contributed by atoms with Crippen molar-refractivity contribution in [3.63, 3.8) is 0 Å². The maximum absolute atomic E-state index is 11.7. The number of nitrogens with zero attached hydrogens (tertiary/aromatic N) is 2. The Morgan fingerprint density at radius 3 is 2.80 bits per heavy atom. The van der Waals surface area contributed by atoms with Gasteiger partial charge in [-0.25, -0.2) is 0 Å². The third-order valence-electron chi connectivity index (χ3n) is 1.99. The molecule has 1 aromatic rings. The molecule has 0 saturated carbocycles. The molecule has 6 nitrogen and oxygen atoms in total. The summed E-state index contributed by atoms with van der Waals surface area (Å²) in [5.74, 6) is 0.0872. The second-order valence-corrected chi connectivity index (χ2v) is 2.98. The first-order chi connectivity index (χ1) is 7.22. The first-order valence-corrected chi connectivity index (χ1v) is 4.79. The van der Waals surface area contributed by atoms with Gasteiger partial charge >= 0.3 is 0 Å². The van der Waals surface area contributed by atoms with E-state index in [9.17, 15) is 9.59 Å². The number of carbonyl (C=O) groups excluding carboxylic acids is 2. The lowest BCUT2D eigenvalue weighted by atomic mass is 10.1. The Balaban J connectivity index is 2.77. The van der Waals surface area contributed by atoms with Crippen LogP contribution in [0.3, 0.4) is 0 Å². The molecule has 1 atom stereocenters. The lowest BCUT2D eigenvalue weighted by Crippen LogP contribution is -2.35. The summed E-state index contributed by atoms with van der Waals surface area (Å²) >= 11 is 0. The van der Waals surface area contributed by atoms with Gasteiger partial charge in [-0.2, -0.15) is 4.98 Å². The molecule has 0 aliphatic carbocycles. The van der Waals surface area contributed by atoms with E-state index >= 15 is 0 Å². The van der Waals surface area contributed by atoms with Gasteiger partial charge in [-0.05, 0) is 6.42 Å². The molecule has 0 aliphatic heterocycles. The molecule has 0 unspecified atom stereocenters. The Morgan fingerprint density at radius 2 is 2.33 bits per heavy atom. The zero-order chi connectivity index (χ0) is 11.3. The number of rotatable bonds is 6. The van der Waals surface area contributed by atoms with E-state index in [0.29, 0.717) is 25.1 Å². The first kappa shape index (κ1) is 11.4. The van der Waals surface area contributed by atoms with E-state index in [-0.39, 0.29) is 11.7 Å². The van der Waals surface area contributed by atoms with E-state index in [0.717, 1.165) is 0 Å². The largest absolute Gasteiger partial charge is 0.348 e. The summed E-state index contributed by atoms with van der Waals surface area (Å²) in [5, 5.41) is 6.01. The average molecular weight is 211 g/mol. The zero-order valence-corrected chi connectivity index (χ0v) is 8.69. The fraction of sp³-hybridized carbons (Fsp3) is 0.556. The van der Waals surface area contributed by atoms with Crippen LogP contribution in [0.5, 0.6) is 0 Å². The number of aryl methyl sites for hydroxylation is 1. The Labute approximate surface area is 87.0 Å². The molecule has 6 heteroatoms. The van der Waals surface area contributed by atoms with Gasteiger partial charge in [-0.3, -0.25) is 9.59 Å². The summed E-state index contributed by atoms with van der Waals surface area (Å²) < 4.78 is 4.78. The first-order valence-electron chi connectivity index (χ1n) is 4.79. The molecule has 0 fully saturated rings. The van der Waals surface area contributed by atoms with Crippen LogP contribution in [0.2, 0.25) is 0 Å². The summed E-state index contributed by atoms with van der Waals surface area (Å²) in [6.07, 6.45) is 1.58. The van der Waals surface area contributed by atoms with Gasteiger partial charge < -0.3 is 9.84 Å². The van der Waals surface area contributed by atoms with E-state index in [1.807, 2.05) is 6.92 Å². The maximum Gasteiger partial charge on any atom is 0.296 e. The molecule has 0 bridgehead atoms. The van der Waals surface area contributed by atoms with Gasteiger partial charge in [0.15, 0.2) is 5.82 Å². The number of carbonyl (C=O) groups is 2. The minimum Gasteiger partial charge on any atom is -0.348 e. The number of amides is 1. The third-order valence-corrected chi connectivity index (χ3v) is 1.99. The monoisotopic (exact) mass is 211 g/mol. The number of Topliss-reactive ketones (excluding diaryl/α,β-unsaturated/α-hetero) is 1. The van der Waals surface area contributed by atoms with Gasteiger partial charge in [0, 0.05) is 6.42 Å². The normalized spacial score (nSPS) is 12.1. The Hall–Kier alpha value is -1.72. The van der Waals surface area contributed by atoms with Crippen LogP contribution in [0.15, 0.2) is 4.52 Å². The fourth-order valence-electron chi connectivity index (χ4n) is 1.11. The number of nitrogens with one attached hydrogen (secondary N) is 1. The molecular formula is C9H13N3O3. The molecule has 82 valence electrons. The lowest BCUT2D eigenvalue weighted by molar-refractivity contribution is -0.110. The summed E-state index contributed by atoms with van der Waals surface area (Å²) in [5.41, 5.74) is 0. The summed E-state index contributed by atoms with van der Waals surface area (Å²) in [4.78, 5) is 25.8. The maximum atomic E-state index is 11.7. The average Bonchev–Trinajstić information content (AvgIpc) is 2.73. The van der Waals surface area contributed by atoms with Gasteiger partial charge in [-0.1, -0.05) is 19.0 Å². The van der Waals surface area contributed by atoms with Crippen LogP contribution in [0.25, 0.3) is 0 Å². The van der Waals surface area contributed by atoms with Crippen molar-refractivity contribution in [3.8, 4) is 0 Å². The molecule has 1 rings (SSSR count). The van der Waals surface area contributed by atoms with Gasteiger partial charge in [0.1, 0.15) is 0 Å². The molecule has 1 heterocycles. The van der Waals surface area contributed by atoms with E-state index in [1.165, 1.54) is 0 Å². The summed E-state index contributed by atoms with van der Waals surface area (Å²) in [7, 11) is 0. The highest BCUT2D eigenvalue weighted by Crippen LogP contribution is 2.04. The zero-order valence-electron chi connectivity index (χ0n) is 8.69. The Morgan fingerprint density at radius 1 is 1.60 bits per heavy atom. The SMILES string of the molecule is CCc1noc(C(=O)[C@H](CC)NC=O)n1. The standard InChI is InChI=1S/C9H13N3O3/c1-3-6(10-5-13)8(14)9-11-7(4-2)12-15-9/h5-6H,3-4H2,1-2H3,(H,10,13)/t6-/m0/s1. The highest BCUT2D eigenvalue weighted by Gasteiger charge is 2.23. The Bertz CT molecular complexity index is 348. The number of aromatic nitrogens is 2. The molecule has 0 saturated heterocycles. The predicted octanol–water partition coefficient (Wildman–Crippen LogP) is 0.339. The quantitative estimate of drug-likeness (QED) is 0.541. The minimum absolute atomic E-state index is 0.0481. The molecular weight excluding hydrogens is 198 g/mol. The predicted molar refractivity (Wildman–Crippen MR) is 51.3 cm³/mol. The van der Waals surface area contributed by atoms with E-state index in [1.54, 1.807) is 6.92 Å². The molecule has 15 heavy (non-hydrogen) atoms. The molecule has 1 amide bonds. The Kier molecular flexibility index (Phi) is 3.96. The van der Waals surface area contributed by atoms with Crippen molar-refractivity contribution in [2.75, 3.05) is 0 Å². The van der Waals surface area contributed by atoms with Crippen LogP contribution in [0, 0.1) is 0 Å². The smallest absolute Gasteiger partial charge is 0.296 e. The van der Waals surface area contributed by atoms with Crippen LogP contribution in [-0.4, -0.2) is 28.4 Å². The van der Waals surface area contributed by atoms with Crippen LogP contribution < -0.4 is 5.32 Å². The molecule has 0 aromatic carbocycles. The van der Waals surface area contributed by atoms with Crippen molar-refractivity contribution in [1.29, 1.82) is 0 Å². The second-order valence-electron chi connectivity index (χ2n) is 2.98. The van der Waals surface area contributed by atoms with E-state index < -0.39 is 6.04 Å². The number of hydrogen-bond donors (Lipinski definition) is 1. The van der Waals surface area contributed by atoms with Crippen LogP contribution in [-0.2, 0) is 11.2 Å². The molecule has 0 radical (unpaired) electrons. The number of ketones is 1.